The van der Waals surface area contributed by atoms with Gasteiger partial charge in [-0.15, -0.1) is 0 Å². The zero-order chi connectivity index (χ0) is 17.4. The van der Waals surface area contributed by atoms with Gasteiger partial charge < -0.3 is 19.7 Å². The van der Waals surface area contributed by atoms with Gasteiger partial charge in [0.15, 0.2) is 17.3 Å². The van der Waals surface area contributed by atoms with Crippen molar-refractivity contribution in [3.05, 3.63) is 23.7 Å². The molecule has 4 rings (SSSR count). The van der Waals surface area contributed by atoms with Crippen LogP contribution in [0.3, 0.4) is 0 Å². The number of hydrogen-bond acceptors (Lipinski definition) is 6. The Labute approximate surface area is 140 Å². The molecule has 2 aliphatic heterocycles. The number of aliphatic hydroxyl groups is 2. The van der Waals surface area contributed by atoms with Gasteiger partial charge in [-0.1, -0.05) is 33.3 Å². The van der Waals surface area contributed by atoms with Crippen molar-refractivity contribution in [3.8, 4) is 0 Å². The number of ketones is 1. The minimum absolute atomic E-state index is 0.00568. The Balaban J connectivity index is 1.94. The first-order valence-corrected chi connectivity index (χ1v) is 8.50. The maximum Gasteiger partial charge on any atom is 0.351 e. The van der Waals surface area contributed by atoms with Gasteiger partial charge in [-0.25, -0.2) is 4.79 Å². The van der Waals surface area contributed by atoms with E-state index in [1.165, 1.54) is 0 Å². The highest BCUT2D eigenvalue weighted by molar-refractivity contribution is 6.22. The fourth-order valence-corrected chi connectivity index (χ4v) is 5.27. The SMILES string of the molecule is C=C1OC(=O)C2=C1O[C@H]1[C@H](O)[C@@]3(O)CCCC[C@H]3[C@@](C)(C2=O)[C@H]1C. The Morgan fingerprint density at radius 2 is 2.00 bits per heavy atom. The van der Waals surface area contributed by atoms with E-state index in [2.05, 4.69) is 6.58 Å². The number of carbonyl (C=O) groups excluding carboxylic acids is 2. The second-order valence-corrected chi connectivity index (χ2v) is 7.73. The lowest BCUT2D eigenvalue weighted by Gasteiger charge is -2.58. The van der Waals surface area contributed by atoms with E-state index in [1.807, 2.05) is 6.92 Å². The van der Waals surface area contributed by atoms with Gasteiger partial charge in [0.2, 0.25) is 0 Å². The van der Waals surface area contributed by atoms with E-state index < -0.39 is 35.1 Å². The summed E-state index contributed by atoms with van der Waals surface area (Å²) < 4.78 is 10.8. The molecule has 6 heteroatoms. The van der Waals surface area contributed by atoms with Crippen LogP contribution in [0.25, 0.3) is 0 Å². The largest absolute Gasteiger partial charge is 0.482 e. The van der Waals surface area contributed by atoms with Gasteiger partial charge in [0.1, 0.15) is 17.8 Å². The summed E-state index contributed by atoms with van der Waals surface area (Å²) in [5, 5.41) is 22.1. The van der Waals surface area contributed by atoms with Gasteiger partial charge >= 0.3 is 5.97 Å². The lowest BCUT2D eigenvalue weighted by molar-refractivity contribution is -0.247. The Hall–Kier alpha value is -1.66. The molecule has 0 aromatic rings. The number of rotatable bonds is 0. The predicted molar refractivity (Wildman–Crippen MR) is 82.3 cm³/mol. The first-order chi connectivity index (χ1) is 11.2. The quantitative estimate of drug-likeness (QED) is 0.511. The van der Waals surface area contributed by atoms with Crippen molar-refractivity contribution in [3.63, 3.8) is 0 Å². The molecule has 0 spiro atoms. The van der Waals surface area contributed by atoms with Crippen LogP contribution in [-0.2, 0) is 19.1 Å². The number of Topliss-reactive ketones (excluding diaryl/α,β-unsaturated/α-hetero) is 1. The zero-order valence-corrected chi connectivity index (χ0v) is 13.9. The number of aliphatic hydroxyl groups excluding tert-OH is 1. The van der Waals surface area contributed by atoms with Crippen molar-refractivity contribution in [2.24, 2.45) is 17.3 Å². The van der Waals surface area contributed by atoms with Crippen molar-refractivity contribution in [1.82, 2.24) is 0 Å². The minimum Gasteiger partial charge on any atom is -0.482 e. The summed E-state index contributed by atoms with van der Waals surface area (Å²) in [6, 6.07) is 0. The fourth-order valence-electron chi connectivity index (χ4n) is 5.27. The van der Waals surface area contributed by atoms with Crippen molar-refractivity contribution in [2.75, 3.05) is 0 Å². The Morgan fingerprint density at radius 1 is 1.29 bits per heavy atom. The van der Waals surface area contributed by atoms with Gasteiger partial charge in [-0.2, -0.15) is 0 Å². The molecule has 0 aromatic carbocycles. The van der Waals surface area contributed by atoms with Crippen LogP contribution in [0.15, 0.2) is 23.7 Å². The number of esters is 1. The van der Waals surface area contributed by atoms with Gasteiger partial charge in [0.25, 0.3) is 0 Å². The van der Waals surface area contributed by atoms with Crippen LogP contribution in [0, 0.1) is 17.3 Å². The number of hydrogen-bond donors (Lipinski definition) is 2. The van der Waals surface area contributed by atoms with E-state index in [0.29, 0.717) is 12.8 Å². The molecular formula is C18H22O6. The average Bonchev–Trinajstić information content (AvgIpc) is 2.78. The van der Waals surface area contributed by atoms with E-state index >= 15 is 0 Å². The van der Waals surface area contributed by atoms with Crippen LogP contribution in [-0.4, -0.2) is 39.8 Å². The molecule has 24 heavy (non-hydrogen) atoms. The molecular weight excluding hydrogens is 312 g/mol. The summed E-state index contributed by atoms with van der Waals surface area (Å²) in [4.78, 5) is 25.5. The van der Waals surface area contributed by atoms with Crippen LogP contribution in [0.1, 0.15) is 39.5 Å². The number of cyclic esters (lactones) is 1. The van der Waals surface area contributed by atoms with E-state index in [4.69, 9.17) is 9.47 Å². The molecule has 2 heterocycles. The van der Waals surface area contributed by atoms with E-state index in [9.17, 15) is 19.8 Å². The van der Waals surface area contributed by atoms with Gasteiger partial charge in [-0.05, 0) is 12.8 Å². The van der Waals surface area contributed by atoms with Crippen molar-refractivity contribution >= 4 is 11.8 Å². The van der Waals surface area contributed by atoms with Crippen molar-refractivity contribution in [1.29, 1.82) is 0 Å². The molecule has 4 aliphatic rings. The molecule has 2 aliphatic carbocycles. The third-order valence-corrected chi connectivity index (χ3v) is 6.78. The molecule has 0 radical (unpaired) electrons. The third-order valence-electron chi connectivity index (χ3n) is 6.78. The van der Waals surface area contributed by atoms with E-state index in [-0.39, 0.29) is 28.8 Å². The van der Waals surface area contributed by atoms with E-state index in [1.54, 1.807) is 6.92 Å². The Bertz CT molecular complexity index is 694. The lowest BCUT2D eigenvalue weighted by Crippen LogP contribution is -2.69. The fraction of sp³-hybridized carbons (Fsp3) is 0.667. The molecule has 6 atom stereocenters. The predicted octanol–water partition coefficient (Wildman–Crippen LogP) is 1.22. The molecule has 6 nitrogen and oxygen atoms in total. The van der Waals surface area contributed by atoms with Gasteiger partial charge in [0, 0.05) is 17.3 Å². The molecule has 0 unspecified atom stereocenters. The van der Waals surface area contributed by atoms with Gasteiger partial charge in [0.05, 0.1) is 5.60 Å². The van der Waals surface area contributed by atoms with E-state index in [0.717, 1.165) is 12.8 Å². The highest BCUT2D eigenvalue weighted by Gasteiger charge is 2.68. The molecule has 0 saturated heterocycles. The highest BCUT2D eigenvalue weighted by atomic mass is 16.6. The standard InChI is InChI=1S/C18H22O6/c1-8-12-15(20)18(22)7-5-4-6-10(18)17(8,3)14(19)11-13(24-12)9(2)23-16(11)21/h8,10,12,15,20,22H,2,4-7H2,1,3H3/t8-,10-,12+,15-,17-,18+/m0/s1. The highest BCUT2D eigenvalue weighted by Crippen LogP contribution is 2.59. The van der Waals surface area contributed by atoms with Crippen molar-refractivity contribution in [2.45, 2.75) is 57.3 Å². The topological polar surface area (TPSA) is 93.1 Å². The number of carbonyl (C=O) groups is 2. The van der Waals surface area contributed by atoms with Crippen LogP contribution < -0.4 is 0 Å². The smallest absolute Gasteiger partial charge is 0.351 e. The molecule has 130 valence electrons. The summed E-state index contributed by atoms with van der Waals surface area (Å²) in [5.74, 6) is -1.89. The zero-order valence-electron chi connectivity index (χ0n) is 13.9. The minimum atomic E-state index is -1.38. The molecule has 2 fully saturated rings. The molecule has 2 bridgehead atoms. The first kappa shape index (κ1) is 15.8. The number of fused-ring (bicyclic) bond motifs is 4. The third kappa shape index (κ3) is 1.63. The normalized spacial score (nSPS) is 47.6. The molecule has 2 N–H and O–H groups in total. The Kier molecular flexibility index (Phi) is 3.10. The second kappa shape index (κ2) is 4.70. The first-order valence-electron chi connectivity index (χ1n) is 8.50. The summed E-state index contributed by atoms with van der Waals surface area (Å²) in [7, 11) is 0. The maximum absolute atomic E-state index is 13.4. The summed E-state index contributed by atoms with van der Waals surface area (Å²) in [6.45, 7) is 7.27. The van der Waals surface area contributed by atoms with Crippen molar-refractivity contribution < 1.29 is 29.3 Å². The number of ether oxygens (including phenoxy) is 2. The van der Waals surface area contributed by atoms with Crippen LogP contribution in [0.5, 0.6) is 0 Å². The average molecular weight is 334 g/mol. The lowest BCUT2D eigenvalue weighted by atomic mass is 9.48. The Morgan fingerprint density at radius 3 is 2.71 bits per heavy atom. The summed E-state index contributed by atoms with van der Waals surface area (Å²) >= 11 is 0. The van der Waals surface area contributed by atoms with Gasteiger partial charge in [-0.3, -0.25) is 4.79 Å². The van der Waals surface area contributed by atoms with Crippen LogP contribution in [0.2, 0.25) is 0 Å². The molecule has 0 aromatic heterocycles. The second-order valence-electron chi connectivity index (χ2n) is 7.73. The molecule has 0 amide bonds. The van der Waals surface area contributed by atoms with Crippen LogP contribution in [0.4, 0.5) is 0 Å². The maximum atomic E-state index is 13.4. The summed E-state index contributed by atoms with van der Waals surface area (Å²) in [5.41, 5.74) is -2.51. The molecule has 2 saturated carbocycles. The monoisotopic (exact) mass is 334 g/mol. The van der Waals surface area contributed by atoms with Crippen LogP contribution >= 0.6 is 0 Å². The summed E-state index contributed by atoms with van der Waals surface area (Å²) in [6.07, 6.45) is 0.794.